The second kappa shape index (κ2) is 9.07. The van der Waals surface area contributed by atoms with Crippen LogP contribution in [0.15, 0.2) is 35.4 Å². The van der Waals surface area contributed by atoms with Gasteiger partial charge in [-0.1, -0.05) is 0 Å². The number of carbonyl (C=O) groups excluding carboxylic acids is 1. The highest BCUT2D eigenvalue weighted by Crippen LogP contribution is 2.33. The van der Waals surface area contributed by atoms with Crippen molar-refractivity contribution in [3.63, 3.8) is 0 Å². The van der Waals surface area contributed by atoms with Crippen molar-refractivity contribution in [1.82, 2.24) is 24.5 Å². The van der Waals surface area contributed by atoms with Gasteiger partial charge in [0, 0.05) is 39.6 Å². The zero-order valence-corrected chi connectivity index (χ0v) is 19.4. The Kier molecular flexibility index (Phi) is 5.96. The number of imidazole rings is 1. The van der Waals surface area contributed by atoms with E-state index in [4.69, 9.17) is 9.47 Å². The Hall–Kier alpha value is -3.44. The minimum atomic E-state index is -0.272. The molecule has 2 atom stereocenters. The summed E-state index contributed by atoms with van der Waals surface area (Å²) >= 11 is 0. The largest absolute Gasteiger partial charge is 0.385 e. The third-order valence-corrected chi connectivity index (χ3v) is 6.83. The molecule has 180 valence electrons. The van der Waals surface area contributed by atoms with Gasteiger partial charge < -0.3 is 30.0 Å². The van der Waals surface area contributed by atoms with Crippen LogP contribution in [-0.4, -0.2) is 64.6 Å². The van der Waals surface area contributed by atoms with Crippen molar-refractivity contribution >= 4 is 28.7 Å². The Morgan fingerprint density at radius 2 is 2.00 bits per heavy atom. The van der Waals surface area contributed by atoms with Crippen LogP contribution in [0.4, 0.5) is 17.2 Å². The maximum atomic E-state index is 13.1. The molecule has 0 unspecified atom stereocenters. The minimum Gasteiger partial charge on any atom is -0.385 e. The highest BCUT2D eigenvalue weighted by atomic mass is 16.5. The third-order valence-electron chi connectivity index (χ3n) is 6.83. The van der Waals surface area contributed by atoms with Crippen LogP contribution >= 0.6 is 0 Å². The Labute approximate surface area is 196 Å². The van der Waals surface area contributed by atoms with E-state index < -0.39 is 0 Å². The molecule has 11 heteroatoms. The van der Waals surface area contributed by atoms with Crippen LogP contribution in [-0.2, 0) is 9.47 Å². The predicted molar refractivity (Wildman–Crippen MR) is 127 cm³/mol. The normalized spacial score (nSPS) is 23.7. The lowest BCUT2D eigenvalue weighted by Gasteiger charge is -2.35. The molecular weight excluding hydrogens is 438 g/mol. The van der Waals surface area contributed by atoms with E-state index in [1.54, 1.807) is 44.2 Å². The molecule has 5 rings (SSSR count). The van der Waals surface area contributed by atoms with Gasteiger partial charge >= 0.3 is 0 Å². The van der Waals surface area contributed by atoms with Crippen molar-refractivity contribution in [2.45, 2.75) is 50.0 Å². The van der Waals surface area contributed by atoms with E-state index in [0.29, 0.717) is 28.5 Å². The smallest absolute Gasteiger partial charge is 0.274 e. The van der Waals surface area contributed by atoms with E-state index in [1.807, 2.05) is 6.07 Å². The molecular formula is C23H29N7O4. The summed E-state index contributed by atoms with van der Waals surface area (Å²) in [5.74, 6) is 0.145. The second-order valence-electron chi connectivity index (χ2n) is 8.75. The van der Waals surface area contributed by atoms with Gasteiger partial charge in [-0.15, -0.1) is 5.10 Å². The highest BCUT2D eigenvalue weighted by molar-refractivity contribution is 5.94. The maximum Gasteiger partial charge on any atom is 0.274 e. The number of methoxy groups -OCH3 is 2. The first-order chi connectivity index (χ1) is 16.5. The topological polar surface area (TPSA) is 124 Å². The maximum absolute atomic E-state index is 13.1. The van der Waals surface area contributed by atoms with Gasteiger partial charge in [-0.25, -0.2) is 9.50 Å². The lowest BCUT2D eigenvalue weighted by molar-refractivity contribution is 0.00522. The summed E-state index contributed by atoms with van der Waals surface area (Å²) in [5.41, 5.74) is 1.77. The van der Waals surface area contributed by atoms with Crippen LogP contribution in [0, 0.1) is 0 Å². The van der Waals surface area contributed by atoms with Crippen molar-refractivity contribution in [3.05, 3.63) is 46.6 Å². The lowest BCUT2D eigenvalue weighted by Crippen LogP contribution is -2.51. The zero-order valence-electron chi connectivity index (χ0n) is 19.4. The number of amides is 1. The Morgan fingerprint density at radius 1 is 1.18 bits per heavy atom. The van der Waals surface area contributed by atoms with E-state index in [2.05, 4.69) is 26.0 Å². The molecule has 0 aromatic carbocycles. The van der Waals surface area contributed by atoms with E-state index in [9.17, 15) is 9.59 Å². The summed E-state index contributed by atoms with van der Waals surface area (Å²) in [6.07, 6.45) is 6.94. The number of nitrogens with one attached hydrogen (secondary N) is 3. The Bertz CT molecular complexity index is 1260. The molecule has 3 N–H and O–H groups in total. The fourth-order valence-corrected chi connectivity index (χ4v) is 4.52. The summed E-state index contributed by atoms with van der Waals surface area (Å²) in [7, 11) is 5.10. The van der Waals surface area contributed by atoms with Crippen LogP contribution in [0.3, 0.4) is 0 Å². The first-order valence-corrected chi connectivity index (χ1v) is 11.4. The predicted octanol–water partition coefficient (Wildman–Crippen LogP) is 1.93. The zero-order chi connectivity index (χ0) is 23.8. The van der Waals surface area contributed by atoms with Crippen molar-refractivity contribution in [2.24, 2.45) is 0 Å². The summed E-state index contributed by atoms with van der Waals surface area (Å²) < 4.78 is 13.9. The quantitative estimate of drug-likeness (QED) is 0.459. The molecule has 0 bridgehead atoms. The fourth-order valence-electron chi connectivity index (χ4n) is 4.52. The molecule has 3 heterocycles. The summed E-state index contributed by atoms with van der Waals surface area (Å²) in [6.45, 7) is 0. The number of pyridine rings is 1. The summed E-state index contributed by atoms with van der Waals surface area (Å²) in [4.78, 5) is 30.4. The van der Waals surface area contributed by atoms with Gasteiger partial charge in [-0.05, 0) is 37.8 Å². The molecule has 0 aliphatic heterocycles. The molecule has 3 aromatic rings. The van der Waals surface area contributed by atoms with E-state index in [-0.39, 0.29) is 35.8 Å². The number of nitrogens with zero attached hydrogens (tertiary/aromatic N) is 4. The first kappa shape index (κ1) is 22.4. The molecule has 0 radical (unpaired) electrons. The highest BCUT2D eigenvalue weighted by Gasteiger charge is 2.33. The molecule has 0 saturated heterocycles. The Morgan fingerprint density at radius 3 is 2.68 bits per heavy atom. The number of hydrogen-bond acceptors (Lipinski definition) is 8. The number of rotatable bonds is 8. The van der Waals surface area contributed by atoms with Crippen molar-refractivity contribution in [3.8, 4) is 0 Å². The molecule has 11 nitrogen and oxygen atoms in total. The van der Waals surface area contributed by atoms with Crippen LogP contribution < -0.4 is 21.5 Å². The van der Waals surface area contributed by atoms with Crippen LogP contribution in [0.1, 0.15) is 42.2 Å². The molecule has 2 aliphatic carbocycles. The molecule has 1 amide bonds. The van der Waals surface area contributed by atoms with Crippen molar-refractivity contribution in [1.29, 1.82) is 0 Å². The van der Waals surface area contributed by atoms with Gasteiger partial charge in [0.15, 0.2) is 17.2 Å². The first-order valence-electron chi connectivity index (χ1n) is 11.4. The van der Waals surface area contributed by atoms with Gasteiger partial charge in [0.2, 0.25) is 0 Å². The molecule has 0 spiro atoms. The average Bonchev–Trinajstić information content (AvgIpc) is 3.22. The van der Waals surface area contributed by atoms with Crippen molar-refractivity contribution < 1.29 is 14.3 Å². The van der Waals surface area contributed by atoms with Gasteiger partial charge in [0.25, 0.3) is 11.5 Å². The lowest BCUT2D eigenvalue weighted by atomic mass is 9.89. The number of carbonyl (C=O) groups is 1. The Balaban J connectivity index is 1.43. The van der Waals surface area contributed by atoms with E-state index in [1.165, 1.54) is 10.7 Å². The molecule has 2 fully saturated rings. The average molecular weight is 468 g/mol. The summed E-state index contributed by atoms with van der Waals surface area (Å²) in [6, 6.07) is 5.41. The second-order valence-corrected chi connectivity index (χ2v) is 8.75. The number of fused-ring (bicyclic) bond motifs is 1. The fraction of sp³-hybridized carbons (Fsp3) is 0.478. The standard InChI is InChI=1S/C23H29N7O4/c1-24-17-11-20(26-16-5-4-8-29(23(16)32)13-9-14(10-13)33-2)28-30-18(12-25-21(17)30)22(31)27-15-6-7-19(15)34-3/h4-5,8,11-15,19,24H,6-7,9-10H2,1-3H3,(H,26,28)(H,27,31)/t13?,14?,15-,19-/m1/s1. The minimum absolute atomic E-state index is 0.0243. The molecule has 3 aromatic heterocycles. The van der Waals surface area contributed by atoms with Crippen LogP contribution in [0.2, 0.25) is 0 Å². The van der Waals surface area contributed by atoms with Gasteiger partial charge in [-0.2, -0.15) is 0 Å². The third kappa shape index (κ3) is 3.90. The van der Waals surface area contributed by atoms with Gasteiger partial charge in [0.05, 0.1) is 30.1 Å². The number of hydrogen-bond donors (Lipinski definition) is 3. The molecule has 2 aliphatic rings. The SMILES string of the molecule is CNc1cc(Nc2cccn(C3CC(OC)C3)c2=O)nn2c(C(=O)N[C@@H]3CC[C@H]3OC)cnc12. The monoisotopic (exact) mass is 467 g/mol. The number of ether oxygens (including phenoxy) is 2. The summed E-state index contributed by atoms with van der Waals surface area (Å²) in [5, 5.41) is 13.8. The molecule has 2 saturated carbocycles. The van der Waals surface area contributed by atoms with Gasteiger partial charge in [-0.3, -0.25) is 9.59 Å². The van der Waals surface area contributed by atoms with Crippen molar-refractivity contribution in [2.75, 3.05) is 31.9 Å². The van der Waals surface area contributed by atoms with Crippen LogP contribution in [0.25, 0.3) is 5.65 Å². The van der Waals surface area contributed by atoms with E-state index in [0.717, 1.165) is 25.7 Å². The molecule has 34 heavy (non-hydrogen) atoms. The van der Waals surface area contributed by atoms with E-state index >= 15 is 0 Å². The van der Waals surface area contributed by atoms with Crippen LogP contribution in [0.5, 0.6) is 0 Å². The van der Waals surface area contributed by atoms with Gasteiger partial charge in [0.1, 0.15) is 5.69 Å². The number of aromatic nitrogens is 4. The number of anilines is 3.